The molecule has 2 amide bonds. The molecule has 1 aliphatic heterocycles. The molecule has 3 N–H and O–H groups in total. The van der Waals surface area contributed by atoms with E-state index in [-0.39, 0.29) is 18.2 Å². The Balaban J connectivity index is 1.39. The first-order valence-corrected chi connectivity index (χ1v) is 9.77. The van der Waals surface area contributed by atoms with E-state index in [1.807, 2.05) is 4.90 Å². The van der Waals surface area contributed by atoms with Gasteiger partial charge in [-0.25, -0.2) is 15.0 Å². The summed E-state index contributed by atoms with van der Waals surface area (Å²) in [6.45, 7) is 3.45. The quantitative estimate of drug-likeness (QED) is 0.679. The number of hydrogen-bond donors (Lipinski definition) is 2. The van der Waals surface area contributed by atoms with E-state index in [0.29, 0.717) is 57.3 Å². The minimum Gasteiger partial charge on any atom is -0.350 e. The summed E-state index contributed by atoms with van der Waals surface area (Å²) in [6, 6.07) is 1.78. The highest BCUT2D eigenvalue weighted by Crippen LogP contribution is 2.11. The Kier molecular flexibility index (Phi) is 6.66. The third-order valence-electron chi connectivity index (χ3n) is 4.23. The van der Waals surface area contributed by atoms with Crippen LogP contribution < -0.4 is 16.0 Å². The number of rotatable bonds is 7. The zero-order chi connectivity index (χ0) is 19.1. The van der Waals surface area contributed by atoms with Gasteiger partial charge >= 0.3 is 0 Å². The highest BCUT2D eigenvalue weighted by Gasteiger charge is 2.22. The molecule has 1 aliphatic rings. The molecule has 0 bridgehead atoms. The third-order valence-corrected chi connectivity index (χ3v) is 5.14. The van der Waals surface area contributed by atoms with Crippen LogP contribution in [0.5, 0.6) is 0 Å². The fourth-order valence-electron chi connectivity index (χ4n) is 2.80. The van der Waals surface area contributed by atoms with E-state index in [4.69, 9.17) is 5.73 Å². The number of aromatic nitrogens is 3. The lowest BCUT2D eigenvalue weighted by atomic mass is 10.2. The maximum Gasteiger partial charge on any atom is 0.270 e. The molecule has 0 unspecified atom stereocenters. The lowest BCUT2D eigenvalue weighted by Crippen LogP contribution is -2.49. The molecular formula is C17H23N7O2S. The minimum absolute atomic E-state index is 0.0334. The van der Waals surface area contributed by atoms with Crippen molar-refractivity contribution in [3.05, 3.63) is 34.5 Å². The van der Waals surface area contributed by atoms with Crippen LogP contribution in [0.4, 0.5) is 5.95 Å². The SMILES string of the molecule is NCCc1nc(C(=O)NCCC(=O)N2CCN(c3ncccn3)CC2)cs1. The molecule has 0 atom stereocenters. The largest absolute Gasteiger partial charge is 0.350 e. The molecule has 1 saturated heterocycles. The van der Waals surface area contributed by atoms with Crippen LogP contribution in [0.3, 0.4) is 0 Å². The maximum atomic E-state index is 12.3. The summed E-state index contributed by atoms with van der Waals surface area (Å²) >= 11 is 1.42. The van der Waals surface area contributed by atoms with Crippen LogP contribution >= 0.6 is 11.3 Å². The standard InChI is InChI=1S/C17H23N7O2S/c18-4-2-14-22-13(12-27-14)16(26)19-7-3-15(25)23-8-10-24(11-9-23)17-20-5-1-6-21-17/h1,5-6,12H,2-4,7-11,18H2,(H,19,26). The first-order chi connectivity index (χ1) is 13.2. The molecule has 3 rings (SSSR count). The molecule has 0 spiro atoms. The Labute approximate surface area is 161 Å². The van der Waals surface area contributed by atoms with E-state index in [9.17, 15) is 9.59 Å². The highest BCUT2D eigenvalue weighted by molar-refractivity contribution is 7.09. The fourth-order valence-corrected chi connectivity index (χ4v) is 3.59. The number of amides is 2. The zero-order valence-corrected chi connectivity index (χ0v) is 15.8. The van der Waals surface area contributed by atoms with Crippen LogP contribution in [0.15, 0.2) is 23.8 Å². The van der Waals surface area contributed by atoms with E-state index >= 15 is 0 Å². The van der Waals surface area contributed by atoms with Crippen LogP contribution in [0.2, 0.25) is 0 Å². The van der Waals surface area contributed by atoms with Crippen molar-refractivity contribution in [3.63, 3.8) is 0 Å². The van der Waals surface area contributed by atoms with Crippen LogP contribution in [0.1, 0.15) is 21.9 Å². The molecule has 3 heterocycles. The van der Waals surface area contributed by atoms with Gasteiger partial charge in [0.2, 0.25) is 11.9 Å². The summed E-state index contributed by atoms with van der Waals surface area (Å²) in [4.78, 5) is 41.0. The van der Waals surface area contributed by atoms with Crippen LogP contribution in [-0.2, 0) is 11.2 Å². The van der Waals surface area contributed by atoms with Gasteiger partial charge in [0.05, 0.1) is 5.01 Å². The summed E-state index contributed by atoms with van der Waals surface area (Å²) < 4.78 is 0. The van der Waals surface area contributed by atoms with E-state index in [0.717, 1.165) is 5.01 Å². The zero-order valence-electron chi connectivity index (χ0n) is 15.0. The molecule has 0 saturated carbocycles. The fraction of sp³-hybridized carbons (Fsp3) is 0.471. The van der Waals surface area contributed by atoms with Gasteiger partial charge in [-0.15, -0.1) is 11.3 Å². The maximum absolute atomic E-state index is 12.3. The number of hydrogen-bond acceptors (Lipinski definition) is 8. The second kappa shape index (κ2) is 9.38. The van der Waals surface area contributed by atoms with Gasteiger partial charge < -0.3 is 20.9 Å². The number of piperazine rings is 1. The molecule has 0 radical (unpaired) electrons. The number of carbonyl (C=O) groups excluding carboxylic acids is 2. The summed E-state index contributed by atoms with van der Waals surface area (Å²) in [7, 11) is 0. The Hall–Kier alpha value is -2.59. The van der Waals surface area contributed by atoms with Crippen molar-refractivity contribution in [3.8, 4) is 0 Å². The number of nitrogens with two attached hydrogens (primary N) is 1. The summed E-state index contributed by atoms with van der Waals surface area (Å²) in [5.41, 5.74) is 5.87. The Morgan fingerprint density at radius 2 is 1.93 bits per heavy atom. The minimum atomic E-state index is -0.256. The molecule has 27 heavy (non-hydrogen) atoms. The van der Waals surface area contributed by atoms with Crippen molar-refractivity contribution in [2.75, 3.05) is 44.2 Å². The van der Waals surface area contributed by atoms with E-state index in [1.54, 1.807) is 23.8 Å². The third kappa shape index (κ3) is 5.20. The summed E-state index contributed by atoms with van der Waals surface area (Å²) in [5.74, 6) is 0.466. The molecule has 1 fully saturated rings. The Morgan fingerprint density at radius 1 is 1.19 bits per heavy atom. The van der Waals surface area contributed by atoms with Crippen molar-refractivity contribution in [1.82, 2.24) is 25.2 Å². The summed E-state index contributed by atoms with van der Waals surface area (Å²) in [5, 5.41) is 5.32. The van der Waals surface area contributed by atoms with Gasteiger partial charge in [0, 0.05) is 63.3 Å². The van der Waals surface area contributed by atoms with E-state index < -0.39 is 0 Å². The molecule has 0 aliphatic carbocycles. The number of carbonyl (C=O) groups is 2. The number of anilines is 1. The molecule has 144 valence electrons. The van der Waals surface area contributed by atoms with Gasteiger partial charge in [-0.05, 0) is 12.6 Å². The monoisotopic (exact) mass is 389 g/mol. The first-order valence-electron chi connectivity index (χ1n) is 8.90. The van der Waals surface area contributed by atoms with Crippen molar-refractivity contribution >= 4 is 29.1 Å². The smallest absolute Gasteiger partial charge is 0.270 e. The van der Waals surface area contributed by atoms with Gasteiger partial charge in [-0.2, -0.15) is 0 Å². The molecule has 9 nitrogen and oxygen atoms in total. The molecule has 0 aromatic carbocycles. The first kappa shape index (κ1) is 19.2. The van der Waals surface area contributed by atoms with Gasteiger partial charge in [-0.1, -0.05) is 0 Å². The second-order valence-corrected chi connectivity index (χ2v) is 7.03. The van der Waals surface area contributed by atoms with Gasteiger partial charge in [0.15, 0.2) is 0 Å². The number of nitrogens with one attached hydrogen (secondary N) is 1. The van der Waals surface area contributed by atoms with E-state index in [1.165, 1.54) is 11.3 Å². The Bertz CT molecular complexity index is 760. The van der Waals surface area contributed by atoms with Gasteiger partial charge in [-0.3, -0.25) is 9.59 Å². The number of thiazole rings is 1. The molecule has 2 aromatic rings. The van der Waals surface area contributed by atoms with E-state index in [2.05, 4.69) is 25.2 Å². The predicted molar refractivity (Wildman–Crippen MR) is 103 cm³/mol. The number of nitrogens with zero attached hydrogens (tertiary/aromatic N) is 5. The van der Waals surface area contributed by atoms with Crippen molar-refractivity contribution in [2.45, 2.75) is 12.8 Å². The van der Waals surface area contributed by atoms with Crippen LogP contribution in [0.25, 0.3) is 0 Å². The average Bonchev–Trinajstić information content (AvgIpc) is 3.18. The van der Waals surface area contributed by atoms with Crippen molar-refractivity contribution in [2.24, 2.45) is 5.73 Å². The molecule has 10 heteroatoms. The van der Waals surface area contributed by atoms with Crippen molar-refractivity contribution < 1.29 is 9.59 Å². The molecule has 2 aromatic heterocycles. The normalized spacial score (nSPS) is 14.3. The lowest BCUT2D eigenvalue weighted by Gasteiger charge is -2.34. The van der Waals surface area contributed by atoms with Crippen LogP contribution in [-0.4, -0.2) is 70.9 Å². The lowest BCUT2D eigenvalue weighted by molar-refractivity contribution is -0.131. The Morgan fingerprint density at radius 3 is 2.63 bits per heavy atom. The molecular weight excluding hydrogens is 366 g/mol. The highest BCUT2D eigenvalue weighted by atomic mass is 32.1. The topological polar surface area (TPSA) is 117 Å². The van der Waals surface area contributed by atoms with Gasteiger partial charge in [0.1, 0.15) is 5.69 Å². The van der Waals surface area contributed by atoms with Crippen LogP contribution in [0, 0.1) is 0 Å². The van der Waals surface area contributed by atoms with Gasteiger partial charge in [0.25, 0.3) is 5.91 Å². The second-order valence-electron chi connectivity index (χ2n) is 6.09. The average molecular weight is 389 g/mol. The van der Waals surface area contributed by atoms with Crippen molar-refractivity contribution in [1.29, 1.82) is 0 Å². The predicted octanol–water partition coefficient (Wildman–Crippen LogP) is -0.0970. The summed E-state index contributed by atoms with van der Waals surface area (Å²) in [6.07, 6.45) is 4.36.